The Labute approximate surface area is 204 Å². The molecule has 1 aromatic carbocycles. The number of sulfone groups is 1. The van der Waals surface area contributed by atoms with Crippen molar-refractivity contribution in [2.75, 3.05) is 36.9 Å². The van der Waals surface area contributed by atoms with Gasteiger partial charge in [-0.15, -0.1) is 0 Å². The minimum atomic E-state index is -4.76. The second-order valence-corrected chi connectivity index (χ2v) is 10.9. The normalized spacial score (nSPS) is 17.7. The molecule has 2 aliphatic rings. The molecule has 1 saturated heterocycles. The lowest BCUT2D eigenvalue weighted by atomic mass is 10.0. The Balaban J connectivity index is 1.70. The average molecular weight is 524 g/mol. The van der Waals surface area contributed by atoms with Crippen LogP contribution in [0.15, 0.2) is 47.5 Å². The molecule has 2 fully saturated rings. The van der Waals surface area contributed by atoms with Gasteiger partial charge in [-0.05, 0) is 43.2 Å². The lowest BCUT2D eigenvalue weighted by molar-refractivity contribution is -0.137. The Morgan fingerprint density at radius 2 is 1.78 bits per heavy atom. The van der Waals surface area contributed by atoms with Crippen molar-refractivity contribution in [1.29, 1.82) is 0 Å². The smallest absolute Gasteiger partial charge is 0.384 e. The predicted molar refractivity (Wildman–Crippen MR) is 122 cm³/mol. The van der Waals surface area contributed by atoms with E-state index in [1.54, 1.807) is 4.90 Å². The number of benzene rings is 1. The molecular formula is C23H21F4N5O3S. The molecule has 2 N–H and O–H groups in total. The molecular weight excluding hydrogens is 502 g/mol. The van der Waals surface area contributed by atoms with Gasteiger partial charge in [0.25, 0.3) is 0 Å². The summed E-state index contributed by atoms with van der Waals surface area (Å²) in [4.78, 5) is 14.2. The van der Waals surface area contributed by atoms with Crippen molar-refractivity contribution < 1.29 is 30.7 Å². The first-order valence-electron chi connectivity index (χ1n) is 11.1. The number of pyridine rings is 1. The number of halogens is 4. The number of nitrogen functional groups attached to an aromatic ring is 1. The number of morpholine rings is 1. The first-order valence-corrected chi connectivity index (χ1v) is 12.6. The quantitative estimate of drug-likeness (QED) is 0.506. The van der Waals surface area contributed by atoms with E-state index in [9.17, 15) is 26.0 Å². The maximum atomic E-state index is 13.9. The maximum absolute atomic E-state index is 13.9. The SMILES string of the molecule is Nc1cc(C(F)(F)F)c(-c2cc(C3(S(=O)(=O)c4cccc(F)c4)CC3)nc(N3CCOCC3)n2)cn1. The van der Waals surface area contributed by atoms with Crippen molar-refractivity contribution in [2.45, 2.75) is 28.7 Å². The van der Waals surface area contributed by atoms with Crippen LogP contribution >= 0.6 is 0 Å². The highest BCUT2D eigenvalue weighted by atomic mass is 32.2. The largest absolute Gasteiger partial charge is 0.417 e. The monoisotopic (exact) mass is 523 g/mol. The van der Waals surface area contributed by atoms with Crippen LogP contribution < -0.4 is 10.6 Å². The number of ether oxygens (including phenoxy) is 1. The summed E-state index contributed by atoms with van der Waals surface area (Å²) in [6, 6.07) is 6.59. The number of nitrogens with zero attached hydrogens (tertiary/aromatic N) is 4. The number of aromatic nitrogens is 3. The fourth-order valence-electron chi connectivity index (χ4n) is 4.26. The molecule has 2 aromatic heterocycles. The molecule has 0 unspecified atom stereocenters. The molecule has 0 bridgehead atoms. The van der Waals surface area contributed by atoms with Crippen LogP contribution in [0.25, 0.3) is 11.3 Å². The molecule has 1 aliphatic carbocycles. The van der Waals surface area contributed by atoms with Gasteiger partial charge in [0.2, 0.25) is 5.95 Å². The molecule has 5 rings (SSSR count). The molecule has 13 heteroatoms. The summed E-state index contributed by atoms with van der Waals surface area (Å²) in [6.07, 6.45) is -3.44. The molecule has 3 heterocycles. The van der Waals surface area contributed by atoms with Crippen LogP contribution in [0.3, 0.4) is 0 Å². The fourth-order valence-corrected chi connectivity index (χ4v) is 6.25. The van der Waals surface area contributed by atoms with E-state index < -0.39 is 32.1 Å². The molecule has 0 radical (unpaired) electrons. The van der Waals surface area contributed by atoms with Gasteiger partial charge in [0, 0.05) is 24.8 Å². The molecule has 1 saturated carbocycles. The van der Waals surface area contributed by atoms with Crippen LogP contribution in [-0.2, 0) is 25.5 Å². The van der Waals surface area contributed by atoms with E-state index in [0.29, 0.717) is 32.4 Å². The first kappa shape index (κ1) is 24.4. The highest BCUT2D eigenvalue weighted by Crippen LogP contribution is 2.55. The summed E-state index contributed by atoms with van der Waals surface area (Å²) in [5, 5.41) is 0. The topological polar surface area (TPSA) is 111 Å². The van der Waals surface area contributed by atoms with Crippen LogP contribution in [0.1, 0.15) is 24.1 Å². The van der Waals surface area contributed by atoms with Gasteiger partial charge in [-0.1, -0.05) is 6.07 Å². The van der Waals surface area contributed by atoms with Crippen LogP contribution in [0.2, 0.25) is 0 Å². The molecule has 0 spiro atoms. The van der Waals surface area contributed by atoms with Gasteiger partial charge in [-0.3, -0.25) is 0 Å². The van der Waals surface area contributed by atoms with E-state index in [4.69, 9.17) is 10.5 Å². The Bertz CT molecular complexity index is 1420. The molecule has 0 atom stereocenters. The van der Waals surface area contributed by atoms with E-state index in [-0.39, 0.29) is 46.5 Å². The van der Waals surface area contributed by atoms with Gasteiger partial charge in [0.15, 0.2) is 9.84 Å². The third kappa shape index (κ3) is 4.26. The summed E-state index contributed by atoms with van der Waals surface area (Å²) in [5.74, 6) is -0.954. The first-order chi connectivity index (χ1) is 17.0. The van der Waals surface area contributed by atoms with Gasteiger partial charge in [0.1, 0.15) is 16.4 Å². The van der Waals surface area contributed by atoms with Crippen LogP contribution in [0.4, 0.5) is 29.3 Å². The van der Waals surface area contributed by atoms with Crippen molar-refractivity contribution in [3.63, 3.8) is 0 Å². The predicted octanol–water partition coefficient (Wildman–Crippen LogP) is 3.58. The van der Waals surface area contributed by atoms with Gasteiger partial charge in [-0.25, -0.2) is 27.8 Å². The number of nitrogens with two attached hydrogens (primary N) is 1. The van der Waals surface area contributed by atoms with Gasteiger partial charge in [-0.2, -0.15) is 13.2 Å². The minimum Gasteiger partial charge on any atom is -0.384 e. The summed E-state index contributed by atoms with van der Waals surface area (Å²) in [6.45, 7) is 1.46. The highest BCUT2D eigenvalue weighted by Gasteiger charge is 2.58. The average Bonchev–Trinajstić information content (AvgIpc) is 3.67. The molecule has 3 aromatic rings. The summed E-state index contributed by atoms with van der Waals surface area (Å²) < 4.78 is 86.5. The van der Waals surface area contributed by atoms with E-state index in [0.717, 1.165) is 18.3 Å². The number of alkyl halides is 3. The van der Waals surface area contributed by atoms with Crippen LogP contribution in [0.5, 0.6) is 0 Å². The second kappa shape index (κ2) is 8.66. The number of hydrogen-bond acceptors (Lipinski definition) is 8. The van der Waals surface area contributed by atoms with Crippen LogP contribution in [-0.4, -0.2) is 49.7 Å². The molecule has 36 heavy (non-hydrogen) atoms. The van der Waals surface area contributed by atoms with Crippen molar-refractivity contribution in [1.82, 2.24) is 15.0 Å². The molecule has 0 amide bonds. The fraction of sp³-hybridized carbons (Fsp3) is 0.348. The lowest BCUT2D eigenvalue weighted by Crippen LogP contribution is -2.38. The highest BCUT2D eigenvalue weighted by molar-refractivity contribution is 7.92. The van der Waals surface area contributed by atoms with E-state index in [1.165, 1.54) is 18.2 Å². The molecule has 1 aliphatic heterocycles. The van der Waals surface area contributed by atoms with Gasteiger partial charge >= 0.3 is 6.18 Å². The minimum absolute atomic E-state index is 0.0446. The zero-order valence-electron chi connectivity index (χ0n) is 18.8. The zero-order valence-corrected chi connectivity index (χ0v) is 19.6. The zero-order chi connectivity index (χ0) is 25.7. The summed E-state index contributed by atoms with van der Waals surface area (Å²) in [7, 11) is -4.13. The number of rotatable bonds is 5. The van der Waals surface area contributed by atoms with Crippen molar-refractivity contribution >= 4 is 21.6 Å². The third-order valence-corrected chi connectivity index (χ3v) is 8.83. The standard InChI is InChI=1S/C23H21F4N5O3S/c24-14-2-1-3-15(10-14)36(33,34)22(4-5-22)19-12-18(30-21(31-19)32-6-8-35-9-7-32)16-13-29-20(28)11-17(16)23(25,26)27/h1-3,10-13H,4-9H2,(H2,28,29). The maximum Gasteiger partial charge on any atom is 0.417 e. The van der Waals surface area contributed by atoms with Crippen molar-refractivity contribution in [2.24, 2.45) is 0 Å². The van der Waals surface area contributed by atoms with E-state index >= 15 is 0 Å². The Morgan fingerprint density at radius 3 is 2.42 bits per heavy atom. The van der Waals surface area contributed by atoms with Crippen LogP contribution in [0, 0.1) is 5.82 Å². The van der Waals surface area contributed by atoms with Gasteiger partial charge in [0.05, 0.1) is 35.1 Å². The Kier molecular flexibility index (Phi) is 5.86. The number of anilines is 2. The molecule has 190 valence electrons. The number of hydrogen-bond donors (Lipinski definition) is 1. The third-order valence-electron chi connectivity index (χ3n) is 6.31. The summed E-state index contributed by atoms with van der Waals surface area (Å²) in [5.41, 5.74) is 4.02. The van der Waals surface area contributed by atoms with E-state index in [2.05, 4.69) is 15.0 Å². The summed E-state index contributed by atoms with van der Waals surface area (Å²) >= 11 is 0. The molecule has 8 nitrogen and oxygen atoms in total. The van der Waals surface area contributed by atoms with Crippen molar-refractivity contribution in [3.05, 3.63) is 59.7 Å². The Hall–Kier alpha value is -3.32. The van der Waals surface area contributed by atoms with Gasteiger partial charge < -0.3 is 15.4 Å². The second-order valence-electron chi connectivity index (χ2n) is 8.65. The van der Waals surface area contributed by atoms with E-state index in [1.807, 2.05) is 0 Å². The lowest BCUT2D eigenvalue weighted by Gasteiger charge is -2.28. The Morgan fingerprint density at radius 1 is 1.06 bits per heavy atom. The van der Waals surface area contributed by atoms with Crippen molar-refractivity contribution in [3.8, 4) is 11.3 Å².